The van der Waals surface area contributed by atoms with Crippen LogP contribution in [0.3, 0.4) is 0 Å². The minimum atomic E-state index is -3.93. The molecule has 2 aromatic rings. The standard InChI is InChI=1S/C19H21ClO4S3/c1-23-18-13-15(19-25-11-12-26-19)6-9-17(18)24-27(21,22)16-7-4-14(5-8-16)3-2-10-20/h4-9,13,19H,2-3,10-12H2,1H3. The molecule has 4 nitrogen and oxygen atoms in total. The molecule has 0 bridgehead atoms. The summed E-state index contributed by atoms with van der Waals surface area (Å²) >= 11 is 9.45. The van der Waals surface area contributed by atoms with Crippen LogP contribution in [0, 0.1) is 0 Å². The summed E-state index contributed by atoms with van der Waals surface area (Å²) in [6, 6.07) is 12.1. The van der Waals surface area contributed by atoms with E-state index in [4.69, 9.17) is 20.5 Å². The number of ether oxygens (including phenoxy) is 1. The van der Waals surface area contributed by atoms with Crippen LogP contribution in [0.15, 0.2) is 47.4 Å². The fourth-order valence-electron chi connectivity index (χ4n) is 2.71. The van der Waals surface area contributed by atoms with Gasteiger partial charge in [0, 0.05) is 17.4 Å². The molecule has 1 heterocycles. The van der Waals surface area contributed by atoms with Crippen molar-refractivity contribution in [2.24, 2.45) is 0 Å². The van der Waals surface area contributed by atoms with Gasteiger partial charge in [0.2, 0.25) is 0 Å². The largest absolute Gasteiger partial charge is 0.493 e. The lowest BCUT2D eigenvalue weighted by atomic mass is 10.1. The van der Waals surface area contributed by atoms with Crippen LogP contribution in [0.1, 0.15) is 22.1 Å². The Balaban J connectivity index is 1.78. The van der Waals surface area contributed by atoms with Crippen molar-refractivity contribution in [3.05, 3.63) is 53.6 Å². The first-order chi connectivity index (χ1) is 13.0. The highest BCUT2D eigenvalue weighted by atomic mass is 35.5. The number of hydrogen-bond donors (Lipinski definition) is 0. The van der Waals surface area contributed by atoms with E-state index in [2.05, 4.69) is 0 Å². The van der Waals surface area contributed by atoms with Gasteiger partial charge < -0.3 is 8.92 Å². The van der Waals surface area contributed by atoms with Crippen LogP contribution >= 0.6 is 35.1 Å². The van der Waals surface area contributed by atoms with E-state index in [0.717, 1.165) is 35.5 Å². The zero-order valence-corrected chi connectivity index (χ0v) is 18.1. The first kappa shape index (κ1) is 20.7. The Labute approximate surface area is 174 Å². The molecule has 0 unspecified atom stereocenters. The molecule has 0 spiro atoms. The molecule has 1 aliphatic heterocycles. The van der Waals surface area contributed by atoms with Gasteiger partial charge in [0.25, 0.3) is 0 Å². The number of methoxy groups -OCH3 is 1. The molecular weight excluding hydrogens is 424 g/mol. The molecule has 0 saturated carbocycles. The van der Waals surface area contributed by atoms with Crippen LogP contribution in [0.2, 0.25) is 0 Å². The molecule has 3 rings (SSSR count). The van der Waals surface area contributed by atoms with E-state index >= 15 is 0 Å². The van der Waals surface area contributed by atoms with Crippen LogP contribution in [0.25, 0.3) is 0 Å². The molecule has 0 amide bonds. The Hall–Kier alpha value is -1.02. The van der Waals surface area contributed by atoms with Gasteiger partial charge in [-0.3, -0.25) is 0 Å². The van der Waals surface area contributed by atoms with Gasteiger partial charge in [0.1, 0.15) is 4.90 Å². The van der Waals surface area contributed by atoms with E-state index < -0.39 is 10.1 Å². The van der Waals surface area contributed by atoms with Gasteiger partial charge in [-0.25, -0.2) is 0 Å². The van der Waals surface area contributed by atoms with Crippen LogP contribution in [-0.4, -0.2) is 32.9 Å². The van der Waals surface area contributed by atoms with Gasteiger partial charge in [-0.1, -0.05) is 18.2 Å². The number of halogens is 1. The molecule has 1 aliphatic rings. The van der Waals surface area contributed by atoms with Crippen molar-refractivity contribution in [1.29, 1.82) is 0 Å². The van der Waals surface area contributed by atoms with E-state index in [0.29, 0.717) is 16.2 Å². The second kappa shape index (κ2) is 9.45. The van der Waals surface area contributed by atoms with Crippen molar-refractivity contribution in [2.75, 3.05) is 24.5 Å². The Morgan fingerprint density at radius 2 is 1.78 bits per heavy atom. The predicted octanol–water partition coefficient (Wildman–Crippen LogP) is 5.11. The molecular formula is C19H21ClO4S3. The zero-order chi connectivity index (χ0) is 19.3. The van der Waals surface area contributed by atoms with Crippen molar-refractivity contribution in [3.63, 3.8) is 0 Å². The number of benzene rings is 2. The summed E-state index contributed by atoms with van der Waals surface area (Å²) in [5, 5.41) is 0. The monoisotopic (exact) mass is 444 g/mol. The highest BCUT2D eigenvalue weighted by Gasteiger charge is 2.23. The number of aryl methyl sites for hydroxylation is 1. The van der Waals surface area contributed by atoms with Crippen molar-refractivity contribution in [3.8, 4) is 11.5 Å². The quantitative estimate of drug-likeness (QED) is 0.416. The topological polar surface area (TPSA) is 52.6 Å². The summed E-state index contributed by atoms with van der Waals surface area (Å²) in [5.74, 6) is 3.43. The maximum absolute atomic E-state index is 12.6. The van der Waals surface area contributed by atoms with Gasteiger partial charge in [0.05, 0.1) is 11.7 Å². The van der Waals surface area contributed by atoms with Crippen LogP contribution in [0.4, 0.5) is 0 Å². The summed E-state index contributed by atoms with van der Waals surface area (Å²) in [6.45, 7) is 0. The normalized spacial score (nSPS) is 15.0. The third kappa shape index (κ3) is 5.28. The average Bonchev–Trinajstić information content (AvgIpc) is 3.21. The van der Waals surface area contributed by atoms with Crippen LogP contribution in [0.5, 0.6) is 11.5 Å². The van der Waals surface area contributed by atoms with E-state index in [9.17, 15) is 8.42 Å². The molecule has 0 aromatic heterocycles. The van der Waals surface area contributed by atoms with Crippen molar-refractivity contribution in [2.45, 2.75) is 22.3 Å². The van der Waals surface area contributed by atoms with Crippen LogP contribution < -0.4 is 8.92 Å². The van der Waals surface area contributed by atoms with E-state index in [1.165, 1.54) is 7.11 Å². The summed E-state index contributed by atoms with van der Waals surface area (Å²) < 4.78 is 36.3. The number of rotatable bonds is 8. The predicted molar refractivity (Wildman–Crippen MR) is 114 cm³/mol. The van der Waals surface area contributed by atoms with Crippen LogP contribution in [-0.2, 0) is 16.5 Å². The Kier molecular flexibility index (Phi) is 7.25. The Morgan fingerprint density at radius 1 is 1.07 bits per heavy atom. The summed E-state index contributed by atoms with van der Waals surface area (Å²) in [6.07, 6.45) is 1.67. The third-order valence-corrected chi connectivity index (χ3v) is 8.71. The lowest BCUT2D eigenvalue weighted by molar-refractivity contribution is 0.390. The minimum Gasteiger partial charge on any atom is -0.493 e. The maximum atomic E-state index is 12.6. The van der Waals surface area contributed by atoms with Gasteiger partial charge in [-0.15, -0.1) is 35.1 Å². The molecule has 1 fully saturated rings. The molecule has 0 atom stereocenters. The molecule has 1 saturated heterocycles. The number of alkyl halides is 1. The maximum Gasteiger partial charge on any atom is 0.339 e. The van der Waals surface area contributed by atoms with E-state index in [1.807, 2.05) is 35.7 Å². The fraction of sp³-hybridized carbons (Fsp3) is 0.368. The van der Waals surface area contributed by atoms with Gasteiger partial charge in [0.15, 0.2) is 11.5 Å². The number of thioether (sulfide) groups is 2. The lowest BCUT2D eigenvalue weighted by Gasteiger charge is -2.14. The Bertz CT molecular complexity index is 863. The van der Waals surface area contributed by atoms with Gasteiger partial charge in [-0.2, -0.15) is 8.42 Å². The minimum absolute atomic E-state index is 0.116. The third-order valence-electron chi connectivity index (χ3n) is 4.09. The molecule has 0 aliphatic carbocycles. The lowest BCUT2D eigenvalue weighted by Crippen LogP contribution is -2.10. The second-order valence-corrected chi connectivity index (χ2v) is 10.6. The first-order valence-electron chi connectivity index (χ1n) is 8.54. The van der Waals surface area contributed by atoms with E-state index in [1.54, 1.807) is 30.3 Å². The van der Waals surface area contributed by atoms with Crippen molar-refractivity contribution in [1.82, 2.24) is 0 Å². The summed E-state index contributed by atoms with van der Waals surface area (Å²) in [4.78, 5) is 0.116. The van der Waals surface area contributed by atoms with Gasteiger partial charge in [-0.05, 0) is 48.2 Å². The molecule has 0 N–H and O–H groups in total. The summed E-state index contributed by atoms with van der Waals surface area (Å²) in [5.41, 5.74) is 2.15. The van der Waals surface area contributed by atoms with Crippen molar-refractivity contribution >= 4 is 45.2 Å². The highest BCUT2D eigenvalue weighted by molar-refractivity contribution is 8.19. The second-order valence-electron chi connectivity index (χ2n) is 5.96. The molecule has 8 heteroatoms. The highest BCUT2D eigenvalue weighted by Crippen LogP contribution is 2.47. The Morgan fingerprint density at radius 3 is 2.41 bits per heavy atom. The smallest absolute Gasteiger partial charge is 0.339 e. The van der Waals surface area contributed by atoms with Crippen molar-refractivity contribution < 1.29 is 17.3 Å². The SMILES string of the molecule is COc1cc(C2SCCS2)ccc1OS(=O)(=O)c1ccc(CCCCl)cc1. The van der Waals surface area contributed by atoms with E-state index in [-0.39, 0.29) is 10.6 Å². The molecule has 27 heavy (non-hydrogen) atoms. The molecule has 146 valence electrons. The summed E-state index contributed by atoms with van der Waals surface area (Å²) in [7, 11) is -2.42. The molecule has 0 radical (unpaired) electrons. The fourth-order valence-corrected chi connectivity index (χ4v) is 6.62. The average molecular weight is 445 g/mol. The van der Waals surface area contributed by atoms with Gasteiger partial charge >= 0.3 is 10.1 Å². The first-order valence-corrected chi connectivity index (χ1v) is 12.6. The molecule has 2 aromatic carbocycles. The number of hydrogen-bond acceptors (Lipinski definition) is 6. The zero-order valence-electron chi connectivity index (χ0n) is 14.9.